The van der Waals surface area contributed by atoms with E-state index in [9.17, 15) is 19.7 Å². The van der Waals surface area contributed by atoms with Crippen molar-refractivity contribution in [1.82, 2.24) is 0 Å². The first-order chi connectivity index (χ1) is 11.4. The number of anilines is 1. The van der Waals surface area contributed by atoms with Gasteiger partial charge < -0.3 is 5.32 Å². The van der Waals surface area contributed by atoms with Crippen LogP contribution in [0.4, 0.5) is 11.4 Å². The van der Waals surface area contributed by atoms with E-state index >= 15 is 0 Å². The molecule has 0 saturated carbocycles. The topological polar surface area (TPSA) is 89.3 Å². The first-order valence-electron chi connectivity index (χ1n) is 7.51. The quantitative estimate of drug-likeness (QED) is 0.496. The summed E-state index contributed by atoms with van der Waals surface area (Å²) in [6.07, 6.45) is 0.170. The summed E-state index contributed by atoms with van der Waals surface area (Å²) in [5, 5.41) is 13.4. The number of carbonyl (C=O) groups is 2. The van der Waals surface area contributed by atoms with Crippen molar-refractivity contribution in [3.8, 4) is 0 Å². The van der Waals surface area contributed by atoms with Crippen LogP contribution < -0.4 is 5.32 Å². The van der Waals surface area contributed by atoms with Gasteiger partial charge in [0.25, 0.3) is 5.69 Å². The highest BCUT2D eigenvalue weighted by Crippen LogP contribution is 2.21. The fourth-order valence-corrected chi connectivity index (χ4v) is 2.27. The molecule has 0 spiro atoms. The highest BCUT2D eigenvalue weighted by atomic mass is 16.6. The lowest BCUT2D eigenvalue weighted by molar-refractivity contribution is -0.385. The van der Waals surface area contributed by atoms with Crippen molar-refractivity contribution in [3.63, 3.8) is 0 Å². The molecule has 1 N–H and O–H groups in total. The second-order valence-corrected chi connectivity index (χ2v) is 5.60. The van der Waals surface area contributed by atoms with Gasteiger partial charge in [0.2, 0.25) is 5.91 Å². The predicted molar refractivity (Wildman–Crippen MR) is 91.2 cm³/mol. The summed E-state index contributed by atoms with van der Waals surface area (Å²) in [6, 6.07) is 11.6. The van der Waals surface area contributed by atoms with Crippen molar-refractivity contribution in [1.29, 1.82) is 0 Å². The molecule has 124 valence electrons. The maximum Gasteiger partial charge on any atom is 0.272 e. The fraction of sp³-hybridized carbons (Fsp3) is 0.222. The lowest BCUT2D eigenvalue weighted by atomic mass is 10.0. The van der Waals surface area contributed by atoms with Gasteiger partial charge >= 0.3 is 0 Å². The second kappa shape index (κ2) is 7.50. The monoisotopic (exact) mass is 326 g/mol. The van der Waals surface area contributed by atoms with Crippen molar-refractivity contribution in [2.75, 3.05) is 5.32 Å². The van der Waals surface area contributed by atoms with Crippen LogP contribution in [-0.2, 0) is 4.79 Å². The molecule has 1 amide bonds. The lowest BCUT2D eigenvalue weighted by Crippen LogP contribution is -2.13. The van der Waals surface area contributed by atoms with Gasteiger partial charge in [0.05, 0.1) is 4.92 Å². The Morgan fingerprint density at radius 2 is 1.71 bits per heavy atom. The molecule has 0 aliphatic carbocycles. The van der Waals surface area contributed by atoms with Crippen molar-refractivity contribution < 1.29 is 14.5 Å². The van der Waals surface area contributed by atoms with Crippen LogP contribution in [0.25, 0.3) is 0 Å². The molecule has 0 fully saturated rings. The van der Waals surface area contributed by atoms with Crippen LogP contribution in [0.5, 0.6) is 0 Å². The summed E-state index contributed by atoms with van der Waals surface area (Å²) in [4.78, 5) is 34.3. The van der Waals surface area contributed by atoms with E-state index in [1.807, 2.05) is 19.1 Å². The van der Waals surface area contributed by atoms with Crippen LogP contribution in [0.2, 0.25) is 0 Å². The third-order valence-corrected chi connectivity index (χ3v) is 3.63. The number of nitro groups is 1. The molecule has 0 heterocycles. The molecule has 0 radical (unpaired) electrons. The number of hydrogen-bond donors (Lipinski definition) is 1. The van der Waals surface area contributed by atoms with Crippen LogP contribution in [-0.4, -0.2) is 16.6 Å². The van der Waals surface area contributed by atoms with Crippen LogP contribution in [0.3, 0.4) is 0 Å². The van der Waals surface area contributed by atoms with Crippen LogP contribution >= 0.6 is 0 Å². The average Bonchev–Trinajstić information content (AvgIpc) is 2.53. The molecule has 0 saturated heterocycles. The number of ketones is 1. The predicted octanol–water partition coefficient (Wildman–Crippen LogP) is 3.81. The van der Waals surface area contributed by atoms with Gasteiger partial charge in [-0.3, -0.25) is 19.7 Å². The zero-order valence-electron chi connectivity index (χ0n) is 13.5. The van der Waals surface area contributed by atoms with Gasteiger partial charge in [-0.25, -0.2) is 0 Å². The molecule has 2 aromatic rings. The molecule has 0 unspecified atom stereocenters. The molecule has 0 bridgehead atoms. The maximum absolute atomic E-state index is 12.0. The Morgan fingerprint density at radius 1 is 1.04 bits per heavy atom. The second-order valence-electron chi connectivity index (χ2n) is 5.60. The minimum absolute atomic E-state index is 0.00236. The summed E-state index contributed by atoms with van der Waals surface area (Å²) in [5.74, 6) is -0.395. The highest BCUT2D eigenvalue weighted by molar-refractivity contribution is 6.00. The van der Waals surface area contributed by atoms with Gasteiger partial charge in [0, 0.05) is 35.7 Å². The van der Waals surface area contributed by atoms with E-state index in [1.54, 1.807) is 19.1 Å². The summed E-state index contributed by atoms with van der Waals surface area (Å²) >= 11 is 0. The standard InChI is InChI=1S/C18H18N2O4/c1-12-3-5-14(6-4-12)17(21)9-10-18(22)19-15-7-8-16(20(23)24)13(2)11-15/h3-8,11H,9-10H2,1-2H3,(H,19,22). The average molecular weight is 326 g/mol. The first kappa shape index (κ1) is 17.3. The number of nitrogens with one attached hydrogen (secondary N) is 1. The van der Waals surface area contributed by atoms with Crippen LogP contribution in [0.15, 0.2) is 42.5 Å². The van der Waals surface area contributed by atoms with E-state index in [0.717, 1.165) is 5.56 Å². The number of benzene rings is 2. The van der Waals surface area contributed by atoms with Crippen LogP contribution in [0.1, 0.15) is 34.3 Å². The third-order valence-electron chi connectivity index (χ3n) is 3.63. The molecule has 2 rings (SSSR count). The number of rotatable bonds is 6. The van der Waals surface area contributed by atoms with E-state index < -0.39 is 4.92 Å². The normalized spacial score (nSPS) is 10.2. The SMILES string of the molecule is Cc1ccc(C(=O)CCC(=O)Nc2ccc([N+](=O)[O-])c(C)c2)cc1. The van der Waals surface area contributed by atoms with E-state index in [4.69, 9.17) is 0 Å². The molecule has 0 aliphatic rings. The van der Waals surface area contributed by atoms with Gasteiger partial charge in [0.15, 0.2) is 5.78 Å². The summed E-state index contributed by atoms with van der Waals surface area (Å²) in [7, 11) is 0. The summed E-state index contributed by atoms with van der Waals surface area (Å²) < 4.78 is 0. The molecule has 2 aromatic carbocycles. The molecule has 0 aliphatic heterocycles. The first-order valence-corrected chi connectivity index (χ1v) is 7.51. The number of amides is 1. The molecular formula is C18H18N2O4. The molecule has 6 heteroatoms. The number of carbonyl (C=O) groups excluding carboxylic acids is 2. The summed E-state index contributed by atoms with van der Waals surface area (Å²) in [6.45, 7) is 3.54. The molecular weight excluding hydrogens is 308 g/mol. The fourth-order valence-electron chi connectivity index (χ4n) is 2.27. The number of hydrogen-bond acceptors (Lipinski definition) is 4. The summed E-state index contributed by atoms with van der Waals surface area (Å²) in [5.41, 5.74) is 2.60. The zero-order valence-corrected chi connectivity index (χ0v) is 13.5. The molecule has 6 nitrogen and oxygen atoms in total. The minimum atomic E-state index is -0.471. The Labute approximate surface area is 139 Å². The zero-order chi connectivity index (χ0) is 17.7. The molecule has 24 heavy (non-hydrogen) atoms. The number of aryl methyl sites for hydroxylation is 2. The highest BCUT2D eigenvalue weighted by Gasteiger charge is 2.13. The van der Waals surface area contributed by atoms with E-state index in [0.29, 0.717) is 16.8 Å². The van der Waals surface area contributed by atoms with Gasteiger partial charge in [-0.1, -0.05) is 29.8 Å². The smallest absolute Gasteiger partial charge is 0.272 e. The number of Topliss-reactive ketones (excluding diaryl/α,β-unsaturated/α-hetero) is 1. The molecule has 0 aromatic heterocycles. The Kier molecular flexibility index (Phi) is 5.42. The van der Waals surface area contributed by atoms with Crippen LogP contribution in [0, 0.1) is 24.0 Å². The minimum Gasteiger partial charge on any atom is -0.326 e. The van der Waals surface area contributed by atoms with Gasteiger partial charge in [-0.05, 0) is 26.0 Å². The Morgan fingerprint density at radius 3 is 2.29 bits per heavy atom. The van der Waals surface area contributed by atoms with Gasteiger partial charge in [0.1, 0.15) is 0 Å². The van der Waals surface area contributed by atoms with E-state index in [2.05, 4.69) is 5.32 Å². The van der Waals surface area contributed by atoms with Crippen molar-refractivity contribution in [3.05, 3.63) is 69.3 Å². The van der Waals surface area contributed by atoms with E-state index in [-0.39, 0.29) is 30.2 Å². The lowest BCUT2D eigenvalue weighted by Gasteiger charge is -2.06. The molecule has 0 atom stereocenters. The number of nitro benzene ring substituents is 1. The number of nitrogens with zero attached hydrogens (tertiary/aromatic N) is 1. The van der Waals surface area contributed by atoms with E-state index in [1.165, 1.54) is 18.2 Å². The maximum atomic E-state index is 12.0. The largest absolute Gasteiger partial charge is 0.326 e. The van der Waals surface area contributed by atoms with Crippen molar-refractivity contribution >= 4 is 23.1 Å². The van der Waals surface area contributed by atoms with Gasteiger partial charge in [-0.15, -0.1) is 0 Å². The Bertz CT molecular complexity index is 782. The Hall–Kier alpha value is -3.02. The third kappa shape index (κ3) is 4.49. The Balaban J connectivity index is 1.91. The van der Waals surface area contributed by atoms with Gasteiger partial charge in [-0.2, -0.15) is 0 Å². The van der Waals surface area contributed by atoms with Crippen molar-refractivity contribution in [2.45, 2.75) is 26.7 Å². The van der Waals surface area contributed by atoms with Crippen molar-refractivity contribution in [2.24, 2.45) is 0 Å².